The van der Waals surface area contributed by atoms with E-state index < -0.39 is 0 Å². The van der Waals surface area contributed by atoms with Crippen molar-refractivity contribution in [1.29, 1.82) is 0 Å². The van der Waals surface area contributed by atoms with E-state index in [-0.39, 0.29) is 12.1 Å². The fraction of sp³-hybridized carbons (Fsp3) is 0.250. The lowest BCUT2D eigenvalue weighted by atomic mass is 9.99. The topological polar surface area (TPSA) is 47.3 Å². The molecule has 0 saturated heterocycles. The minimum Gasteiger partial charge on any atom is -0.491 e. The van der Waals surface area contributed by atoms with Crippen molar-refractivity contribution < 1.29 is 4.74 Å². The molecule has 3 N–H and O–H groups in total. The van der Waals surface area contributed by atoms with E-state index in [4.69, 9.17) is 22.2 Å². The van der Waals surface area contributed by atoms with Gasteiger partial charge >= 0.3 is 0 Å². The molecule has 0 amide bonds. The summed E-state index contributed by atoms with van der Waals surface area (Å²) in [5, 5.41) is 0.662. The van der Waals surface area contributed by atoms with Gasteiger partial charge in [-0.25, -0.2) is 5.43 Å². The van der Waals surface area contributed by atoms with E-state index in [1.165, 1.54) is 0 Å². The molecule has 0 aliphatic heterocycles. The molecule has 2 aromatic rings. The molecule has 0 radical (unpaired) electrons. The zero-order chi connectivity index (χ0) is 15.4. The average molecular weight is 370 g/mol. The van der Waals surface area contributed by atoms with E-state index in [1.54, 1.807) is 0 Å². The summed E-state index contributed by atoms with van der Waals surface area (Å²) in [6.07, 6.45) is 0.153. The normalized spacial score (nSPS) is 12.5. The van der Waals surface area contributed by atoms with Gasteiger partial charge in [0.25, 0.3) is 0 Å². The van der Waals surface area contributed by atoms with E-state index in [1.807, 2.05) is 56.3 Å². The zero-order valence-corrected chi connectivity index (χ0v) is 14.3. The number of halogens is 2. The van der Waals surface area contributed by atoms with Crippen molar-refractivity contribution in [3.63, 3.8) is 0 Å². The summed E-state index contributed by atoms with van der Waals surface area (Å²) < 4.78 is 6.58. The van der Waals surface area contributed by atoms with E-state index in [0.717, 1.165) is 21.3 Å². The maximum atomic E-state index is 6.30. The fourth-order valence-corrected chi connectivity index (χ4v) is 2.89. The van der Waals surface area contributed by atoms with Gasteiger partial charge in [-0.2, -0.15) is 0 Å². The molecule has 2 rings (SSSR count). The number of ether oxygens (including phenoxy) is 1. The molecule has 0 saturated carbocycles. The van der Waals surface area contributed by atoms with Crippen molar-refractivity contribution in [1.82, 2.24) is 5.43 Å². The Balaban J connectivity index is 2.28. The molecule has 0 bridgehead atoms. The second kappa shape index (κ2) is 7.27. The first-order chi connectivity index (χ1) is 10.0. The van der Waals surface area contributed by atoms with Crippen molar-refractivity contribution in [2.45, 2.75) is 26.0 Å². The third-order valence-corrected chi connectivity index (χ3v) is 3.85. The van der Waals surface area contributed by atoms with Crippen molar-refractivity contribution in [2.75, 3.05) is 0 Å². The van der Waals surface area contributed by atoms with Crippen molar-refractivity contribution in [2.24, 2.45) is 5.84 Å². The van der Waals surface area contributed by atoms with Gasteiger partial charge in [-0.15, -0.1) is 0 Å². The van der Waals surface area contributed by atoms with Crippen LogP contribution in [0.4, 0.5) is 0 Å². The largest absolute Gasteiger partial charge is 0.491 e. The molecule has 0 fully saturated rings. The van der Waals surface area contributed by atoms with Gasteiger partial charge in [0.05, 0.1) is 12.1 Å². The maximum absolute atomic E-state index is 6.30. The highest BCUT2D eigenvalue weighted by molar-refractivity contribution is 9.10. The van der Waals surface area contributed by atoms with Crippen LogP contribution in [0.3, 0.4) is 0 Å². The second-order valence-electron chi connectivity index (χ2n) is 5.00. The van der Waals surface area contributed by atoms with E-state index in [0.29, 0.717) is 5.02 Å². The minimum atomic E-state index is -0.168. The number of rotatable bonds is 5. The maximum Gasteiger partial charge on any atom is 0.119 e. The summed E-state index contributed by atoms with van der Waals surface area (Å²) >= 11 is 9.71. The predicted octanol–water partition coefficient (Wildman–Crippen LogP) is 4.44. The molecular formula is C16H18BrClN2O. The van der Waals surface area contributed by atoms with Gasteiger partial charge in [0.1, 0.15) is 5.75 Å². The average Bonchev–Trinajstić information content (AvgIpc) is 2.43. The zero-order valence-electron chi connectivity index (χ0n) is 11.9. The van der Waals surface area contributed by atoms with Crippen LogP contribution >= 0.6 is 27.5 Å². The van der Waals surface area contributed by atoms with E-state index in [9.17, 15) is 0 Å². The molecule has 1 atom stereocenters. The quantitative estimate of drug-likeness (QED) is 0.605. The standard InChI is InChI=1S/C16H18BrClN2O/c1-10(2)21-13-6-3-11(4-7-13)16(20-19)14-8-5-12(17)9-15(14)18/h3-10,16,20H,19H2,1-2H3. The summed E-state index contributed by atoms with van der Waals surface area (Å²) in [6.45, 7) is 4.00. The molecule has 5 heteroatoms. The molecule has 0 heterocycles. The molecule has 0 aliphatic rings. The highest BCUT2D eigenvalue weighted by Crippen LogP contribution is 2.31. The minimum absolute atomic E-state index is 0.153. The van der Waals surface area contributed by atoms with Crippen LogP contribution in [0.2, 0.25) is 5.02 Å². The van der Waals surface area contributed by atoms with Crippen LogP contribution in [0.5, 0.6) is 5.75 Å². The van der Waals surface area contributed by atoms with Gasteiger partial charge in [0.2, 0.25) is 0 Å². The Bertz CT molecular complexity index is 602. The number of nitrogens with one attached hydrogen (secondary N) is 1. The lowest BCUT2D eigenvalue weighted by Gasteiger charge is -2.19. The first kappa shape index (κ1) is 16.3. The summed E-state index contributed by atoms with van der Waals surface area (Å²) in [5.74, 6) is 6.55. The van der Waals surface area contributed by atoms with Crippen LogP contribution in [-0.4, -0.2) is 6.10 Å². The van der Waals surface area contributed by atoms with Gasteiger partial charge in [0, 0.05) is 9.50 Å². The van der Waals surface area contributed by atoms with E-state index in [2.05, 4.69) is 21.4 Å². The Hall–Kier alpha value is -1.07. The van der Waals surface area contributed by atoms with Crippen molar-refractivity contribution >= 4 is 27.5 Å². The monoisotopic (exact) mass is 368 g/mol. The molecule has 112 valence electrons. The second-order valence-corrected chi connectivity index (χ2v) is 6.32. The molecule has 0 spiro atoms. The molecule has 0 aliphatic carbocycles. The lowest BCUT2D eigenvalue weighted by molar-refractivity contribution is 0.242. The lowest BCUT2D eigenvalue weighted by Crippen LogP contribution is -2.29. The molecule has 21 heavy (non-hydrogen) atoms. The van der Waals surface area contributed by atoms with Gasteiger partial charge in [0.15, 0.2) is 0 Å². The van der Waals surface area contributed by atoms with Crippen LogP contribution in [0.1, 0.15) is 31.0 Å². The van der Waals surface area contributed by atoms with Crippen molar-refractivity contribution in [3.05, 3.63) is 63.1 Å². The number of hydrogen-bond donors (Lipinski definition) is 2. The summed E-state index contributed by atoms with van der Waals surface area (Å²) in [5.41, 5.74) is 4.77. The third kappa shape index (κ3) is 4.20. The summed E-state index contributed by atoms with van der Waals surface area (Å²) in [4.78, 5) is 0. The van der Waals surface area contributed by atoms with Gasteiger partial charge in [-0.05, 0) is 49.2 Å². The van der Waals surface area contributed by atoms with Gasteiger partial charge in [-0.1, -0.05) is 45.7 Å². The van der Waals surface area contributed by atoms with Gasteiger partial charge in [-0.3, -0.25) is 5.84 Å². The fourth-order valence-electron chi connectivity index (χ4n) is 2.11. The summed E-state index contributed by atoms with van der Waals surface area (Å²) in [7, 11) is 0. The highest BCUT2D eigenvalue weighted by Gasteiger charge is 2.16. The first-order valence-electron chi connectivity index (χ1n) is 6.69. The SMILES string of the molecule is CC(C)Oc1ccc(C(NN)c2ccc(Br)cc2Cl)cc1. The van der Waals surface area contributed by atoms with Crippen molar-refractivity contribution in [3.8, 4) is 5.75 Å². The number of benzene rings is 2. The Labute approximate surface area is 138 Å². The van der Waals surface area contributed by atoms with Crippen LogP contribution in [-0.2, 0) is 0 Å². The van der Waals surface area contributed by atoms with Crippen LogP contribution in [0.15, 0.2) is 46.9 Å². The van der Waals surface area contributed by atoms with Crippen LogP contribution in [0.25, 0.3) is 0 Å². The Morgan fingerprint density at radius 2 is 1.81 bits per heavy atom. The van der Waals surface area contributed by atoms with Gasteiger partial charge < -0.3 is 4.74 Å². The Kier molecular flexibility index (Phi) is 5.65. The number of hydrazine groups is 1. The smallest absolute Gasteiger partial charge is 0.119 e. The summed E-state index contributed by atoms with van der Waals surface area (Å²) in [6, 6.07) is 13.4. The first-order valence-corrected chi connectivity index (χ1v) is 7.86. The van der Waals surface area contributed by atoms with Crippen LogP contribution in [0, 0.1) is 0 Å². The van der Waals surface area contributed by atoms with E-state index >= 15 is 0 Å². The molecule has 1 unspecified atom stereocenters. The molecule has 2 aromatic carbocycles. The molecule has 0 aromatic heterocycles. The third-order valence-electron chi connectivity index (χ3n) is 3.03. The Morgan fingerprint density at radius 3 is 2.33 bits per heavy atom. The number of hydrogen-bond acceptors (Lipinski definition) is 3. The molecular weight excluding hydrogens is 352 g/mol. The number of nitrogens with two attached hydrogens (primary N) is 1. The molecule has 3 nitrogen and oxygen atoms in total. The van der Waals surface area contributed by atoms with Crippen LogP contribution < -0.4 is 16.0 Å². The Morgan fingerprint density at radius 1 is 1.14 bits per heavy atom. The predicted molar refractivity (Wildman–Crippen MR) is 90.5 cm³/mol. The highest BCUT2D eigenvalue weighted by atomic mass is 79.9.